The molecule has 0 unspecified atom stereocenters. The van der Waals surface area contributed by atoms with E-state index in [9.17, 15) is 0 Å². The number of nitrogens with zero attached hydrogens (tertiary/aromatic N) is 3. The Morgan fingerprint density at radius 1 is 1.23 bits per heavy atom. The SMILES string of the molecule is CC1(C)C[C@@H](NCc2ncn(-c3ccccc3)n2)C(C)(C)O1. The summed E-state index contributed by atoms with van der Waals surface area (Å²) in [4.78, 5) is 4.39. The summed E-state index contributed by atoms with van der Waals surface area (Å²) in [6.45, 7) is 9.19. The Labute approximate surface area is 131 Å². The second kappa shape index (κ2) is 5.48. The first-order chi connectivity index (χ1) is 10.4. The fourth-order valence-electron chi connectivity index (χ4n) is 3.18. The number of rotatable bonds is 4. The summed E-state index contributed by atoms with van der Waals surface area (Å²) < 4.78 is 7.91. The van der Waals surface area contributed by atoms with Gasteiger partial charge >= 0.3 is 0 Å². The number of hydrogen-bond donors (Lipinski definition) is 1. The summed E-state index contributed by atoms with van der Waals surface area (Å²) in [5.74, 6) is 0.796. The molecular weight excluding hydrogens is 276 g/mol. The molecule has 0 saturated carbocycles. The minimum absolute atomic E-state index is 0.0853. The molecule has 0 amide bonds. The van der Waals surface area contributed by atoms with Crippen molar-refractivity contribution in [2.45, 2.75) is 57.9 Å². The second-order valence-corrected chi connectivity index (χ2v) is 7.04. The van der Waals surface area contributed by atoms with E-state index in [1.165, 1.54) is 0 Å². The van der Waals surface area contributed by atoms with Gasteiger partial charge in [-0.15, -0.1) is 5.10 Å². The Morgan fingerprint density at radius 3 is 2.59 bits per heavy atom. The molecule has 2 heterocycles. The molecule has 118 valence electrons. The van der Waals surface area contributed by atoms with Crippen LogP contribution in [0, 0.1) is 0 Å². The van der Waals surface area contributed by atoms with Gasteiger partial charge in [-0.3, -0.25) is 0 Å². The van der Waals surface area contributed by atoms with Crippen LogP contribution in [-0.4, -0.2) is 32.0 Å². The van der Waals surface area contributed by atoms with Crippen molar-refractivity contribution < 1.29 is 4.74 Å². The predicted octanol–water partition coefficient (Wildman–Crippen LogP) is 2.70. The van der Waals surface area contributed by atoms with Crippen LogP contribution < -0.4 is 5.32 Å². The lowest BCUT2D eigenvalue weighted by atomic mass is 9.94. The van der Waals surface area contributed by atoms with Gasteiger partial charge in [-0.05, 0) is 46.2 Å². The van der Waals surface area contributed by atoms with E-state index in [1.54, 1.807) is 11.0 Å². The van der Waals surface area contributed by atoms with Crippen LogP contribution in [0.3, 0.4) is 0 Å². The summed E-state index contributed by atoms with van der Waals surface area (Å²) in [6, 6.07) is 10.3. The van der Waals surface area contributed by atoms with Crippen molar-refractivity contribution in [2.24, 2.45) is 0 Å². The average molecular weight is 300 g/mol. The molecule has 1 aliphatic heterocycles. The second-order valence-electron chi connectivity index (χ2n) is 7.04. The van der Waals surface area contributed by atoms with E-state index in [0.29, 0.717) is 12.6 Å². The predicted molar refractivity (Wildman–Crippen MR) is 85.8 cm³/mol. The Balaban J connectivity index is 1.64. The summed E-state index contributed by atoms with van der Waals surface area (Å²) in [7, 11) is 0. The largest absolute Gasteiger partial charge is 0.368 e. The maximum absolute atomic E-state index is 6.10. The summed E-state index contributed by atoms with van der Waals surface area (Å²) in [5, 5.41) is 8.07. The zero-order valence-electron chi connectivity index (χ0n) is 13.7. The number of benzene rings is 1. The standard InChI is InChI=1S/C17H24N4O/c1-16(2)10-14(17(3,4)22-16)18-11-15-19-12-21(20-15)13-8-6-5-7-9-13/h5-9,12,14,18H,10-11H2,1-4H3/t14-/m1/s1. The highest BCUT2D eigenvalue weighted by molar-refractivity contribution is 5.29. The van der Waals surface area contributed by atoms with Gasteiger partial charge in [0.25, 0.3) is 0 Å². The lowest BCUT2D eigenvalue weighted by molar-refractivity contribution is -0.0699. The van der Waals surface area contributed by atoms with E-state index >= 15 is 0 Å². The van der Waals surface area contributed by atoms with Crippen molar-refractivity contribution in [1.29, 1.82) is 0 Å². The Hall–Kier alpha value is -1.72. The minimum atomic E-state index is -0.175. The lowest BCUT2D eigenvalue weighted by Gasteiger charge is -2.27. The van der Waals surface area contributed by atoms with Crippen LogP contribution in [0.1, 0.15) is 39.9 Å². The van der Waals surface area contributed by atoms with Gasteiger partial charge in [0.15, 0.2) is 5.82 Å². The first kappa shape index (κ1) is 15.2. The third-order valence-corrected chi connectivity index (χ3v) is 4.14. The molecule has 1 aromatic carbocycles. The average Bonchev–Trinajstić information content (AvgIpc) is 2.99. The first-order valence-electron chi connectivity index (χ1n) is 7.75. The third-order valence-electron chi connectivity index (χ3n) is 4.14. The molecule has 1 atom stereocenters. The van der Waals surface area contributed by atoms with Gasteiger partial charge in [0.05, 0.1) is 23.4 Å². The van der Waals surface area contributed by atoms with Crippen molar-refractivity contribution in [1.82, 2.24) is 20.1 Å². The van der Waals surface area contributed by atoms with Crippen LogP contribution in [0.2, 0.25) is 0 Å². The highest BCUT2D eigenvalue weighted by Crippen LogP contribution is 2.37. The van der Waals surface area contributed by atoms with Gasteiger partial charge in [-0.2, -0.15) is 0 Å². The van der Waals surface area contributed by atoms with Crippen molar-refractivity contribution >= 4 is 0 Å². The molecule has 0 bridgehead atoms. The first-order valence-corrected chi connectivity index (χ1v) is 7.75. The third kappa shape index (κ3) is 3.20. The van der Waals surface area contributed by atoms with E-state index < -0.39 is 0 Å². The molecule has 1 aromatic heterocycles. The van der Waals surface area contributed by atoms with Gasteiger partial charge in [0.1, 0.15) is 6.33 Å². The van der Waals surface area contributed by atoms with Gasteiger partial charge in [0.2, 0.25) is 0 Å². The highest BCUT2D eigenvalue weighted by atomic mass is 16.5. The minimum Gasteiger partial charge on any atom is -0.368 e. The van der Waals surface area contributed by atoms with Gasteiger partial charge in [-0.25, -0.2) is 9.67 Å². The van der Waals surface area contributed by atoms with Crippen molar-refractivity contribution in [3.63, 3.8) is 0 Å². The molecule has 5 heteroatoms. The molecule has 5 nitrogen and oxygen atoms in total. The molecule has 2 aromatic rings. The molecule has 0 aliphatic carbocycles. The van der Waals surface area contributed by atoms with Crippen LogP contribution in [0.5, 0.6) is 0 Å². The molecule has 3 rings (SSSR count). The summed E-state index contributed by atoms with van der Waals surface area (Å²) >= 11 is 0. The van der Waals surface area contributed by atoms with Gasteiger partial charge in [-0.1, -0.05) is 18.2 Å². The fourth-order valence-corrected chi connectivity index (χ4v) is 3.18. The molecule has 1 fully saturated rings. The zero-order valence-corrected chi connectivity index (χ0v) is 13.7. The molecular formula is C17H24N4O. The van der Waals surface area contributed by atoms with E-state index in [2.05, 4.69) is 43.1 Å². The van der Waals surface area contributed by atoms with Crippen molar-refractivity contribution in [2.75, 3.05) is 0 Å². The van der Waals surface area contributed by atoms with Crippen LogP contribution in [-0.2, 0) is 11.3 Å². The lowest BCUT2D eigenvalue weighted by Crippen LogP contribution is -2.43. The molecule has 1 saturated heterocycles. The Bertz CT molecular complexity index is 633. The maximum Gasteiger partial charge on any atom is 0.164 e. The van der Waals surface area contributed by atoms with Gasteiger partial charge in [0, 0.05) is 6.04 Å². The Kier molecular flexibility index (Phi) is 3.78. The quantitative estimate of drug-likeness (QED) is 0.943. The van der Waals surface area contributed by atoms with Gasteiger partial charge < -0.3 is 10.1 Å². The summed E-state index contributed by atoms with van der Waals surface area (Å²) in [6.07, 6.45) is 2.74. The molecule has 0 spiro atoms. The number of para-hydroxylation sites is 1. The number of hydrogen-bond acceptors (Lipinski definition) is 4. The van der Waals surface area contributed by atoms with Crippen LogP contribution >= 0.6 is 0 Å². The van der Waals surface area contributed by atoms with E-state index in [-0.39, 0.29) is 11.2 Å². The monoisotopic (exact) mass is 300 g/mol. The number of aromatic nitrogens is 3. The molecule has 1 N–H and O–H groups in total. The number of nitrogens with one attached hydrogen (secondary N) is 1. The van der Waals surface area contributed by atoms with Crippen molar-refractivity contribution in [3.8, 4) is 5.69 Å². The topological polar surface area (TPSA) is 52.0 Å². The molecule has 1 aliphatic rings. The Morgan fingerprint density at radius 2 is 1.95 bits per heavy atom. The summed E-state index contributed by atoms with van der Waals surface area (Å²) in [5.41, 5.74) is 0.760. The van der Waals surface area contributed by atoms with E-state index in [4.69, 9.17) is 4.74 Å². The maximum atomic E-state index is 6.10. The smallest absolute Gasteiger partial charge is 0.164 e. The number of ether oxygens (including phenoxy) is 1. The van der Waals surface area contributed by atoms with E-state index in [1.807, 2.05) is 30.3 Å². The zero-order chi connectivity index (χ0) is 15.8. The normalized spacial score (nSPS) is 22.8. The van der Waals surface area contributed by atoms with Crippen molar-refractivity contribution in [3.05, 3.63) is 42.5 Å². The van der Waals surface area contributed by atoms with Crippen LogP contribution in [0.15, 0.2) is 36.7 Å². The molecule has 0 radical (unpaired) electrons. The van der Waals surface area contributed by atoms with Crippen LogP contribution in [0.25, 0.3) is 5.69 Å². The van der Waals surface area contributed by atoms with E-state index in [0.717, 1.165) is 17.9 Å². The van der Waals surface area contributed by atoms with Crippen LogP contribution in [0.4, 0.5) is 0 Å². The molecule has 22 heavy (non-hydrogen) atoms. The fraction of sp³-hybridized carbons (Fsp3) is 0.529. The highest BCUT2D eigenvalue weighted by Gasteiger charge is 2.45.